The van der Waals surface area contributed by atoms with Crippen molar-refractivity contribution in [3.05, 3.63) is 121 Å². The van der Waals surface area contributed by atoms with Gasteiger partial charge in [0.25, 0.3) is 0 Å². The van der Waals surface area contributed by atoms with Gasteiger partial charge >= 0.3 is 0 Å². The van der Waals surface area contributed by atoms with Gasteiger partial charge in [-0.25, -0.2) is 0 Å². The first kappa shape index (κ1) is 44.6. The number of benzene rings is 10. The van der Waals surface area contributed by atoms with Gasteiger partial charge < -0.3 is 56.8 Å². The van der Waals surface area contributed by atoms with Crippen molar-refractivity contribution in [3.63, 3.8) is 0 Å². The summed E-state index contributed by atoms with van der Waals surface area (Å²) in [7, 11) is 3.28. The molecular weight excluding hydrogens is 913 g/mol. The molecule has 12 heteroatoms. The second kappa shape index (κ2) is 18.3. The van der Waals surface area contributed by atoms with E-state index in [1.807, 2.05) is 149 Å². The summed E-state index contributed by atoms with van der Waals surface area (Å²) >= 11 is 0. The van der Waals surface area contributed by atoms with Crippen LogP contribution < -0.4 is 56.8 Å². The molecule has 0 bridgehead atoms. The highest BCUT2D eigenvalue weighted by Gasteiger charge is 2.26. The van der Waals surface area contributed by atoms with Crippen molar-refractivity contribution in [2.75, 3.05) is 53.9 Å². The Hall–Kier alpha value is -8.64. The van der Waals surface area contributed by atoms with E-state index in [2.05, 4.69) is 0 Å². The fourth-order valence-corrected chi connectivity index (χ4v) is 9.99. The summed E-state index contributed by atoms with van der Waals surface area (Å²) in [5.41, 5.74) is 0. The van der Waals surface area contributed by atoms with Gasteiger partial charge in [0.15, 0.2) is 92.0 Å². The standard InChI is InChI=1S/C60H50O12/c1-7-63-53-25-37-33-21-49(61-5)51(23-35(33)41-29-57-59(71-47-17-13-11-15-45(47)69-57)31-43(41)39(37)27-55(53)65-9-3)67-19-20-68-52-24-36-34(22-50(52)62-6)38-26-54(64-8-2)56(66-10-4)28-40(38)44-32-60-58(30-42(36)44)70-46-16-12-14-18-48(46)72-60/h11-18,21-32H,7-10,19-20H2,1-6H3. The van der Waals surface area contributed by atoms with Gasteiger partial charge in [-0.3, -0.25) is 0 Å². The monoisotopic (exact) mass is 962 g/mol. The van der Waals surface area contributed by atoms with Gasteiger partial charge in [-0.15, -0.1) is 0 Å². The van der Waals surface area contributed by atoms with Gasteiger partial charge in [-0.2, -0.15) is 0 Å². The summed E-state index contributed by atoms with van der Waals surface area (Å²) in [4.78, 5) is 0. The van der Waals surface area contributed by atoms with Crippen LogP contribution in [0.5, 0.6) is 92.0 Å². The molecule has 0 amide bonds. The first-order chi connectivity index (χ1) is 35.4. The second-order valence-corrected chi connectivity index (χ2v) is 17.2. The maximum absolute atomic E-state index is 6.59. The molecule has 72 heavy (non-hydrogen) atoms. The number of fused-ring (bicyclic) bond motifs is 16. The zero-order chi connectivity index (χ0) is 49.0. The maximum atomic E-state index is 6.59. The van der Waals surface area contributed by atoms with Crippen LogP contribution in [0.3, 0.4) is 0 Å². The number of hydrogen-bond donors (Lipinski definition) is 0. The van der Waals surface area contributed by atoms with Crippen LogP contribution in [0.25, 0.3) is 64.6 Å². The van der Waals surface area contributed by atoms with E-state index < -0.39 is 0 Å². The fraction of sp³-hybridized carbons (Fsp3) is 0.200. The SMILES string of the molecule is CCOc1cc2c3cc(OC)c(OCCOc4cc5c(cc4OC)c4cc(OCC)c(OCC)cc4c4cc6c(cc54)Oc4ccccc4O6)cc3c3cc4c(cc3c2cc1OCC)Oc1ccccc1O4. The molecule has 0 unspecified atom stereocenters. The molecule has 0 saturated heterocycles. The van der Waals surface area contributed by atoms with E-state index in [-0.39, 0.29) is 13.2 Å². The van der Waals surface area contributed by atoms with Crippen LogP contribution in [0.4, 0.5) is 0 Å². The van der Waals surface area contributed by atoms with Crippen molar-refractivity contribution in [1.29, 1.82) is 0 Å². The lowest BCUT2D eigenvalue weighted by atomic mass is 9.93. The van der Waals surface area contributed by atoms with Crippen molar-refractivity contribution in [2.45, 2.75) is 27.7 Å². The van der Waals surface area contributed by atoms with Gasteiger partial charge in [-0.05, 0) is 189 Å². The molecule has 2 aliphatic heterocycles. The average Bonchev–Trinajstić information content (AvgIpc) is 3.40. The number of methoxy groups -OCH3 is 2. The Bertz CT molecular complexity index is 3560. The summed E-state index contributed by atoms with van der Waals surface area (Å²) in [5.74, 6) is 9.82. The molecule has 0 spiro atoms. The molecule has 0 radical (unpaired) electrons. The first-order valence-electron chi connectivity index (χ1n) is 24.2. The Balaban J connectivity index is 0.933. The Labute approximate surface area is 414 Å². The minimum Gasteiger partial charge on any atom is -0.493 e. The quantitative estimate of drug-likeness (QED) is 0.0720. The van der Waals surface area contributed by atoms with Crippen molar-refractivity contribution in [3.8, 4) is 92.0 Å². The third kappa shape index (κ3) is 7.53. The third-order valence-corrected chi connectivity index (χ3v) is 13.1. The van der Waals surface area contributed by atoms with Crippen molar-refractivity contribution < 1.29 is 56.8 Å². The van der Waals surface area contributed by atoms with E-state index >= 15 is 0 Å². The van der Waals surface area contributed by atoms with Gasteiger partial charge in [0, 0.05) is 0 Å². The average molecular weight is 963 g/mol. The Morgan fingerprint density at radius 3 is 0.694 bits per heavy atom. The lowest BCUT2D eigenvalue weighted by molar-refractivity contribution is 0.206. The zero-order valence-electron chi connectivity index (χ0n) is 40.7. The molecule has 10 aromatic rings. The van der Waals surface area contributed by atoms with E-state index in [1.165, 1.54) is 0 Å². The maximum Gasteiger partial charge on any atom is 0.170 e. The summed E-state index contributed by atoms with van der Waals surface area (Å²) < 4.78 is 75.5. The highest BCUT2D eigenvalue weighted by molar-refractivity contribution is 6.28. The molecule has 0 fully saturated rings. The highest BCUT2D eigenvalue weighted by atomic mass is 16.6. The van der Waals surface area contributed by atoms with Crippen LogP contribution in [0.2, 0.25) is 0 Å². The van der Waals surface area contributed by atoms with Gasteiger partial charge in [0.1, 0.15) is 13.2 Å². The molecule has 0 atom stereocenters. The minimum absolute atomic E-state index is 0.179. The Kier molecular flexibility index (Phi) is 11.3. The second-order valence-electron chi connectivity index (χ2n) is 17.2. The van der Waals surface area contributed by atoms with Crippen molar-refractivity contribution >= 4 is 64.6 Å². The summed E-state index contributed by atoms with van der Waals surface area (Å²) in [6.07, 6.45) is 0. The Morgan fingerprint density at radius 2 is 0.472 bits per heavy atom. The molecule has 0 saturated carbocycles. The summed E-state index contributed by atoms with van der Waals surface area (Å²) in [5, 5.41) is 11.3. The van der Waals surface area contributed by atoms with E-state index in [4.69, 9.17) is 56.8 Å². The molecule has 362 valence electrons. The normalized spacial score (nSPS) is 12.2. The van der Waals surface area contributed by atoms with Crippen LogP contribution in [-0.4, -0.2) is 53.9 Å². The minimum atomic E-state index is 0.179. The van der Waals surface area contributed by atoms with Gasteiger partial charge in [-0.1, -0.05) is 24.3 Å². The summed E-state index contributed by atoms with van der Waals surface area (Å²) in [6, 6.07) is 39.6. The molecule has 0 N–H and O–H groups in total. The van der Waals surface area contributed by atoms with Crippen LogP contribution in [0.15, 0.2) is 121 Å². The van der Waals surface area contributed by atoms with Crippen molar-refractivity contribution in [1.82, 2.24) is 0 Å². The van der Waals surface area contributed by atoms with E-state index in [0.717, 1.165) is 64.6 Å². The smallest absolute Gasteiger partial charge is 0.170 e. The first-order valence-corrected chi connectivity index (χ1v) is 24.2. The zero-order valence-corrected chi connectivity index (χ0v) is 40.7. The predicted molar refractivity (Wildman–Crippen MR) is 280 cm³/mol. The lowest BCUT2D eigenvalue weighted by Gasteiger charge is -2.23. The molecule has 10 aromatic carbocycles. The molecule has 12 rings (SSSR count). The van der Waals surface area contributed by atoms with Crippen molar-refractivity contribution in [2.24, 2.45) is 0 Å². The summed E-state index contributed by atoms with van der Waals surface area (Å²) in [6.45, 7) is 10.1. The number of hydrogen-bond acceptors (Lipinski definition) is 12. The predicted octanol–water partition coefficient (Wildman–Crippen LogP) is 15.5. The molecule has 12 nitrogen and oxygen atoms in total. The Morgan fingerprint density at radius 1 is 0.264 bits per heavy atom. The molecule has 2 heterocycles. The van der Waals surface area contributed by atoms with Crippen LogP contribution >= 0.6 is 0 Å². The number of ether oxygens (including phenoxy) is 12. The van der Waals surface area contributed by atoms with Crippen LogP contribution in [-0.2, 0) is 0 Å². The molecule has 2 aliphatic rings. The fourth-order valence-electron chi connectivity index (χ4n) is 9.99. The van der Waals surface area contributed by atoms with Gasteiger partial charge in [0.05, 0.1) is 40.6 Å². The van der Waals surface area contributed by atoms with E-state index in [1.54, 1.807) is 14.2 Å². The third-order valence-electron chi connectivity index (χ3n) is 13.1. The van der Waals surface area contributed by atoms with Crippen LogP contribution in [0.1, 0.15) is 27.7 Å². The molecular formula is C60H50O12. The molecule has 0 aromatic heterocycles. The van der Waals surface area contributed by atoms with Crippen LogP contribution in [0, 0.1) is 0 Å². The van der Waals surface area contributed by atoms with Gasteiger partial charge in [0.2, 0.25) is 0 Å². The van der Waals surface area contributed by atoms with E-state index in [0.29, 0.717) is 118 Å². The highest BCUT2D eigenvalue weighted by Crippen LogP contribution is 2.53. The number of para-hydroxylation sites is 4. The lowest BCUT2D eigenvalue weighted by Crippen LogP contribution is -2.10. The number of rotatable bonds is 15. The van der Waals surface area contributed by atoms with E-state index in [9.17, 15) is 0 Å². The topological polar surface area (TPSA) is 111 Å². The molecule has 0 aliphatic carbocycles. The largest absolute Gasteiger partial charge is 0.493 e.